The number of aromatic nitrogens is 3. The van der Waals surface area contributed by atoms with Gasteiger partial charge in [0.15, 0.2) is 0 Å². The van der Waals surface area contributed by atoms with Crippen molar-refractivity contribution < 1.29 is 9.53 Å². The quantitative estimate of drug-likeness (QED) is 0.365. The molecular formula is C27H28N6O2. The van der Waals surface area contributed by atoms with Crippen molar-refractivity contribution in [2.24, 2.45) is 0 Å². The number of ether oxygens (including phenoxy) is 1. The van der Waals surface area contributed by atoms with Crippen LogP contribution in [0.25, 0.3) is 11.3 Å². The van der Waals surface area contributed by atoms with E-state index < -0.39 is 0 Å². The molecule has 0 atom stereocenters. The summed E-state index contributed by atoms with van der Waals surface area (Å²) in [6.45, 7) is 3.39. The maximum absolute atomic E-state index is 12.8. The number of nitrogens with zero attached hydrogens (tertiary/aromatic N) is 4. The zero-order valence-corrected chi connectivity index (χ0v) is 20.0. The van der Waals surface area contributed by atoms with Gasteiger partial charge >= 0.3 is 0 Å². The molecule has 8 heteroatoms. The number of rotatable bonds is 9. The number of carbonyl (C=O) groups excluding carboxylic acids is 1. The zero-order chi connectivity index (χ0) is 24.6. The second-order valence-corrected chi connectivity index (χ2v) is 8.29. The molecule has 4 aromatic rings. The van der Waals surface area contributed by atoms with Crippen molar-refractivity contribution in [3.63, 3.8) is 0 Å². The Hall–Kier alpha value is -4.30. The van der Waals surface area contributed by atoms with Crippen LogP contribution in [0.4, 0.5) is 17.3 Å². The van der Waals surface area contributed by atoms with E-state index in [0.717, 1.165) is 34.8 Å². The Morgan fingerprint density at radius 2 is 1.86 bits per heavy atom. The largest absolute Gasteiger partial charge is 0.492 e. The first-order valence-corrected chi connectivity index (χ1v) is 11.3. The number of carbonyl (C=O) groups is 1. The number of likely N-dealkylation sites (N-methyl/N-ethyl adjacent to an activating group) is 1. The second kappa shape index (κ2) is 11.2. The number of nitrogens with one attached hydrogen (secondary N) is 2. The van der Waals surface area contributed by atoms with Gasteiger partial charge in [-0.25, -0.2) is 9.97 Å². The van der Waals surface area contributed by atoms with Gasteiger partial charge in [0.1, 0.15) is 12.4 Å². The molecule has 2 aromatic heterocycles. The zero-order valence-electron chi connectivity index (χ0n) is 20.0. The van der Waals surface area contributed by atoms with Crippen molar-refractivity contribution in [3.8, 4) is 17.0 Å². The van der Waals surface area contributed by atoms with Crippen LogP contribution in [0.1, 0.15) is 15.9 Å². The van der Waals surface area contributed by atoms with Gasteiger partial charge in [0, 0.05) is 47.6 Å². The summed E-state index contributed by atoms with van der Waals surface area (Å²) in [5.74, 6) is 0.996. The lowest BCUT2D eigenvalue weighted by atomic mass is 10.1. The van der Waals surface area contributed by atoms with Gasteiger partial charge in [-0.1, -0.05) is 6.07 Å². The molecule has 2 aromatic carbocycles. The van der Waals surface area contributed by atoms with Crippen molar-refractivity contribution in [1.29, 1.82) is 0 Å². The van der Waals surface area contributed by atoms with Crippen molar-refractivity contribution in [1.82, 2.24) is 19.9 Å². The molecule has 0 spiro atoms. The number of anilines is 3. The van der Waals surface area contributed by atoms with Crippen LogP contribution < -0.4 is 15.4 Å². The maximum Gasteiger partial charge on any atom is 0.255 e. The summed E-state index contributed by atoms with van der Waals surface area (Å²) in [7, 11) is 3.99. The minimum atomic E-state index is -0.200. The second-order valence-electron chi connectivity index (χ2n) is 8.29. The van der Waals surface area contributed by atoms with Crippen molar-refractivity contribution >= 4 is 23.2 Å². The first-order chi connectivity index (χ1) is 17.0. The van der Waals surface area contributed by atoms with Crippen LogP contribution in [0.3, 0.4) is 0 Å². The van der Waals surface area contributed by atoms with Crippen LogP contribution in [0.15, 0.2) is 79.3 Å². The van der Waals surface area contributed by atoms with Gasteiger partial charge in [-0.15, -0.1) is 0 Å². The normalized spacial score (nSPS) is 10.7. The minimum absolute atomic E-state index is 0.200. The molecule has 4 rings (SSSR count). The van der Waals surface area contributed by atoms with Gasteiger partial charge in [-0.05, 0) is 81.2 Å². The van der Waals surface area contributed by atoms with E-state index in [0.29, 0.717) is 23.8 Å². The Morgan fingerprint density at radius 1 is 1.03 bits per heavy atom. The number of pyridine rings is 1. The Morgan fingerprint density at radius 3 is 2.60 bits per heavy atom. The Kier molecular flexibility index (Phi) is 7.64. The molecule has 0 bridgehead atoms. The van der Waals surface area contributed by atoms with Gasteiger partial charge in [0.2, 0.25) is 5.95 Å². The summed E-state index contributed by atoms with van der Waals surface area (Å²) in [4.78, 5) is 27.9. The topological polar surface area (TPSA) is 92.3 Å². The molecule has 35 heavy (non-hydrogen) atoms. The SMILES string of the molecule is Cc1ccc(NC(=O)c2ccc(OCCN(C)C)cc2)cc1Nc1nccc(-c2cccnc2)n1. The van der Waals surface area contributed by atoms with E-state index in [4.69, 9.17) is 4.74 Å². The number of benzene rings is 2. The average molecular weight is 469 g/mol. The highest BCUT2D eigenvalue weighted by atomic mass is 16.5. The molecule has 2 heterocycles. The molecular weight excluding hydrogens is 440 g/mol. The number of aryl methyl sites for hydroxylation is 1. The van der Waals surface area contributed by atoms with Gasteiger partial charge in [-0.2, -0.15) is 0 Å². The molecule has 1 amide bonds. The lowest BCUT2D eigenvalue weighted by Crippen LogP contribution is -2.19. The summed E-state index contributed by atoms with van der Waals surface area (Å²) >= 11 is 0. The van der Waals surface area contributed by atoms with E-state index in [1.807, 2.05) is 57.4 Å². The van der Waals surface area contributed by atoms with E-state index >= 15 is 0 Å². The van der Waals surface area contributed by atoms with E-state index in [2.05, 4.69) is 30.5 Å². The van der Waals surface area contributed by atoms with Crippen LogP contribution in [-0.4, -0.2) is 53.0 Å². The molecule has 0 fully saturated rings. The summed E-state index contributed by atoms with van der Waals surface area (Å²) in [6.07, 6.45) is 5.18. The van der Waals surface area contributed by atoms with E-state index in [1.165, 1.54) is 0 Å². The number of hydrogen-bond acceptors (Lipinski definition) is 7. The van der Waals surface area contributed by atoms with Crippen LogP contribution in [0, 0.1) is 6.92 Å². The van der Waals surface area contributed by atoms with Crippen molar-refractivity contribution in [3.05, 3.63) is 90.4 Å². The van der Waals surface area contributed by atoms with Crippen LogP contribution >= 0.6 is 0 Å². The molecule has 0 radical (unpaired) electrons. The van der Waals surface area contributed by atoms with E-state index in [1.54, 1.807) is 42.9 Å². The lowest BCUT2D eigenvalue weighted by molar-refractivity contribution is 0.102. The summed E-state index contributed by atoms with van der Waals surface area (Å²) in [6, 6.07) is 18.4. The monoisotopic (exact) mass is 468 g/mol. The van der Waals surface area contributed by atoms with Gasteiger partial charge < -0.3 is 20.3 Å². The lowest BCUT2D eigenvalue weighted by Gasteiger charge is -2.13. The van der Waals surface area contributed by atoms with E-state index in [-0.39, 0.29) is 5.91 Å². The van der Waals surface area contributed by atoms with Crippen LogP contribution in [0.5, 0.6) is 5.75 Å². The third-order valence-electron chi connectivity index (χ3n) is 5.28. The van der Waals surface area contributed by atoms with Crippen molar-refractivity contribution in [2.45, 2.75) is 6.92 Å². The molecule has 8 nitrogen and oxygen atoms in total. The van der Waals surface area contributed by atoms with Crippen LogP contribution in [0.2, 0.25) is 0 Å². The molecule has 2 N–H and O–H groups in total. The van der Waals surface area contributed by atoms with Crippen molar-refractivity contribution in [2.75, 3.05) is 37.9 Å². The van der Waals surface area contributed by atoms with Gasteiger partial charge in [-0.3, -0.25) is 9.78 Å². The summed E-state index contributed by atoms with van der Waals surface area (Å²) < 4.78 is 5.69. The fourth-order valence-corrected chi connectivity index (χ4v) is 3.30. The summed E-state index contributed by atoms with van der Waals surface area (Å²) in [5.41, 5.74) is 4.69. The fourth-order valence-electron chi connectivity index (χ4n) is 3.30. The first kappa shape index (κ1) is 23.8. The predicted molar refractivity (Wildman–Crippen MR) is 138 cm³/mol. The molecule has 0 saturated heterocycles. The Bertz CT molecular complexity index is 1280. The Labute approximate surface area is 205 Å². The third-order valence-corrected chi connectivity index (χ3v) is 5.28. The summed E-state index contributed by atoms with van der Waals surface area (Å²) in [5, 5.41) is 6.21. The molecule has 178 valence electrons. The molecule has 0 unspecified atom stereocenters. The smallest absolute Gasteiger partial charge is 0.255 e. The first-order valence-electron chi connectivity index (χ1n) is 11.3. The average Bonchev–Trinajstić information content (AvgIpc) is 2.87. The van der Waals surface area contributed by atoms with Gasteiger partial charge in [0.25, 0.3) is 5.91 Å². The fraction of sp³-hybridized carbons (Fsp3) is 0.185. The standard InChI is InChI=1S/C27H28N6O2/c1-19-6-9-22(30-26(34)20-7-10-23(11-8-20)35-16-15-33(2)3)17-25(19)32-27-29-14-12-24(31-27)21-5-4-13-28-18-21/h4-14,17-18H,15-16H2,1-3H3,(H,30,34)(H,29,31,32). The number of hydrogen-bond donors (Lipinski definition) is 2. The predicted octanol–water partition coefficient (Wildman–Crippen LogP) is 4.78. The number of amides is 1. The Balaban J connectivity index is 1.43. The highest BCUT2D eigenvalue weighted by Gasteiger charge is 2.10. The third kappa shape index (κ3) is 6.61. The minimum Gasteiger partial charge on any atom is -0.492 e. The molecule has 0 aliphatic rings. The molecule has 0 saturated carbocycles. The molecule has 0 aliphatic heterocycles. The van der Waals surface area contributed by atoms with Crippen LogP contribution in [-0.2, 0) is 0 Å². The van der Waals surface area contributed by atoms with E-state index in [9.17, 15) is 4.79 Å². The van der Waals surface area contributed by atoms with Gasteiger partial charge in [0.05, 0.1) is 5.69 Å². The maximum atomic E-state index is 12.8. The highest BCUT2D eigenvalue weighted by Crippen LogP contribution is 2.25. The molecule has 0 aliphatic carbocycles. The highest BCUT2D eigenvalue weighted by molar-refractivity contribution is 6.04.